The Morgan fingerprint density at radius 2 is 1.72 bits per heavy atom. The topological polar surface area (TPSA) is 155 Å². The van der Waals surface area contributed by atoms with Gasteiger partial charge in [-0.15, -0.1) is 0 Å². The van der Waals surface area contributed by atoms with Crippen molar-refractivity contribution in [3.8, 4) is 35.5 Å². The maximum atomic E-state index is 13.1. The van der Waals surface area contributed by atoms with Crippen molar-refractivity contribution in [1.82, 2.24) is 4.90 Å². The maximum Gasteiger partial charge on any atom is 0.410 e. The number of carbonyl (C=O) groups is 1. The van der Waals surface area contributed by atoms with Gasteiger partial charge in [-0.05, 0) is 17.2 Å². The number of hydrogen-bond donors (Lipinski definition) is 1. The molecule has 39 heavy (non-hydrogen) atoms. The van der Waals surface area contributed by atoms with Gasteiger partial charge in [0.1, 0.15) is 12.7 Å². The van der Waals surface area contributed by atoms with E-state index in [1.807, 2.05) is 30.3 Å². The zero-order chi connectivity index (χ0) is 28.2. The SMILES string of the molecule is COc1ccc([C@@H]2[C@@H]3CN(C(=O)OCc4ccccc4)CC=C3C(C#N)=C(N)C2(C#N)C#N)c(OC)c1OC. The van der Waals surface area contributed by atoms with Gasteiger partial charge in [-0.1, -0.05) is 42.5 Å². The second kappa shape index (κ2) is 11.1. The number of carbonyl (C=O) groups excluding carboxylic acids is 1. The van der Waals surface area contributed by atoms with Gasteiger partial charge in [0.2, 0.25) is 5.75 Å². The summed E-state index contributed by atoms with van der Waals surface area (Å²) in [5.74, 6) is -0.656. The summed E-state index contributed by atoms with van der Waals surface area (Å²) < 4.78 is 22.2. The molecule has 1 amide bonds. The van der Waals surface area contributed by atoms with E-state index in [9.17, 15) is 20.6 Å². The quantitative estimate of drug-likeness (QED) is 0.593. The smallest absolute Gasteiger partial charge is 0.410 e. The van der Waals surface area contributed by atoms with Gasteiger partial charge in [-0.3, -0.25) is 0 Å². The van der Waals surface area contributed by atoms with Gasteiger partial charge in [0.15, 0.2) is 16.9 Å². The van der Waals surface area contributed by atoms with E-state index in [0.717, 1.165) is 5.56 Å². The van der Waals surface area contributed by atoms with Crippen LogP contribution in [-0.2, 0) is 11.3 Å². The van der Waals surface area contributed by atoms with Crippen LogP contribution in [0.25, 0.3) is 0 Å². The van der Waals surface area contributed by atoms with Gasteiger partial charge in [-0.25, -0.2) is 4.79 Å². The van der Waals surface area contributed by atoms with Crippen molar-refractivity contribution in [2.45, 2.75) is 12.5 Å². The molecule has 4 rings (SSSR count). The van der Waals surface area contributed by atoms with Crippen LogP contribution in [0.2, 0.25) is 0 Å². The standard InChI is InChI=1S/C29H27N5O5/c1-36-23-10-9-20(25(37-2)26(23)38-3)24-22-14-34(28(35)39-15-18-7-5-4-6-8-18)12-11-19(22)21(13-30)27(33)29(24,16-31)17-32/h4-11,22,24H,12,14-15,33H2,1-3H3/t22-,24-/m1/s1. The van der Waals surface area contributed by atoms with Gasteiger partial charge in [-0.2, -0.15) is 15.8 Å². The molecule has 0 unspecified atom stereocenters. The summed E-state index contributed by atoms with van der Waals surface area (Å²) in [6.45, 7) is 0.325. The normalized spacial score (nSPS) is 19.4. The Morgan fingerprint density at radius 1 is 1.03 bits per heavy atom. The van der Waals surface area contributed by atoms with Crippen molar-refractivity contribution >= 4 is 6.09 Å². The molecule has 2 atom stereocenters. The molecule has 2 aromatic carbocycles. The number of nitrogens with zero attached hydrogens (tertiary/aromatic N) is 4. The number of hydrogen-bond acceptors (Lipinski definition) is 9. The number of benzene rings is 2. The minimum atomic E-state index is -1.93. The minimum absolute atomic E-state index is 0.0658. The Labute approximate surface area is 226 Å². The molecule has 1 heterocycles. The fourth-order valence-corrected chi connectivity index (χ4v) is 5.35. The van der Waals surface area contributed by atoms with Crippen LogP contribution in [0.1, 0.15) is 17.0 Å². The average Bonchev–Trinajstić information content (AvgIpc) is 2.98. The predicted octanol–water partition coefficient (Wildman–Crippen LogP) is 3.77. The Bertz CT molecular complexity index is 1450. The van der Waals surface area contributed by atoms with Crippen LogP contribution >= 0.6 is 0 Å². The van der Waals surface area contributed by atoms with Crippen molar-refractivity contribution in [3.63, 3.8) is 0 Å². The average molecular weight is 526 g/mol. The first-order chi connectivity index (χ1) is 18.9. The third-order valence-electron chi connectivity index (χ3n) is 7.20. The van der Waals surface area contributed by atoms with Gasteiger partial charge >= 0.3 is 6.09 Å². The van der Waals surface area contributed by atoms with E-state index in [4.69, 9.17) is 24.7 Å². The third kappa shape index (κ3) is 4.45. The Hall–Kier alpha value is -5.14. The number of ether oxygens (including phenoxy) is 4. The molecule has 1 aliphatic carbocycles. The first-order valence-corrected chi connectivity index (χ1v) is 12.1. The van der Waals surface area contributed by atoms with Crippen LogP contribution < -0.4 is 19.9 Å². The summed E-state index contributed by atoms with van der Waals surface area (Å²) in [6, 6.07) is 18.9. The lowest BCUT2D eigenvalue weighted by Gasteiger charge is -2.45. The maximum absolute atomic E-state index is 13.1. The second-order valence-corrected chi connectivity index (χ2v) is 9.04. The van der Waals surface area contributed by atoms with Crippen molar-refractivity contribution in [2.24, 2.45) is 17.1 Å². The second-order valence-electron chi connectivity index (χ2n) is 9.04. The fraction of sp³-hybridized carbons (Fsp3) is 0.310. The molecule has 2 N–H and O–H groups in total. The summed E-state index contributed by atoms with van der Waals surface area (Å²) in [4.78, 5) is 14.6. The molecule has 0 fully saturated rings. The van der Waals surface area contributed by atoms with E-state index < -0.39 is 23.3 Å². The molecule has 0 saturated carbocycles. The number of nitriles is 3. The number of rotatable bonds is 6. The van der Waals surface area contributed by atoms with Gasteiger partial charge in [0.05, 0.1) is 44.7 Å². The van der Waals surface area contributed by atoms with E-state index in [2.05, 4.69) is 18.2 Å². The lowest BCUT2D eigenvalue weighted by molar-refractivity contribution is 0.0897. The highest BCUT2D eigenvalue weighted by Gasteiger charge is 2.56. The first-order valence-electron chi connectivity index (χ1n) is 12.1. The van der Waals surface area contributed by atoms with Crippen molar-refractivity contribution < 1.29 is 23.7 Å². The summed E-state index contributed by atoms with van der Waals surface area (Å²) >= 11 is 0. The largest absolute Gasteiger partial charge is 0.493 e. The molecule has 2 aromatic rings. The lowest BCUT2D eigenvalue weighted by atomic mass is 9.58. The Kier molecular flexibility index (Phi) is 7.65. The van der Waals surface area contributed by atoms with Crippen LogP contribution in [-0.4, -0.2) is 45.4 Å². The molecule has 0 bridgehead atoms. The summed E-state index contributed by atoms with van der Waals surface area (Å²) in [7, 11) is 4.37. The lowest BCUT2D eigenvalue weighted by Crippen LogP contribution is -2.49. The Morgan fingerprint density at radius 3 is 2.31 bits per heavy atom. The molecule has 0 saturated heterocycles. The van der Waals surface area contributed by atoms with Crippen molar-refractivity contribution in [2.75, 3.05) is 34.4 Å². The molecular weight excluding hydrogens is 498 g/mol. The van der Waals surface area contributed by atoms with E-state index >= 15 is 0 Å². The number of fused-ring (bicyclic) bond motifs is 1. The Balaban J connectivity index is 1.84. The van der Waals surface area contributed by atoms with Gasteiger partial charge in [0.25, 0.3) is 0 Å². The number of methoxy groups -OCH3 is 3. The molecule has 10 heteroatoms. The van der Waals surface area contributed by atoms with Crippen LogP contribution in [0.5, 0.6) is 17.2 Å². The first kappa shape index (κ1) is 26.9. The highest BCUT2D eigenvalue weighted by Crippen LogP contribution is 2.57. The zero-order valence-electron chi connectivity index (χ0n) is 21.8. The summed E-state index contributed by atoms with van der Waals surface area (Å²) in [5.41, 5.74) is 6.26. The zero-order valence-corrected chi connectivity index (χ0v) is 21.8. The van der Waals surface area contributed by atoms with Gasteiger partial charge in [0, 0.05) is 30.5 Å². The van der Waals surface area contributed by atoms with Crippen molar-refractivity contribution in [1.29, 1.82) is 15.8 Å². The van der Waals surface area contributed by atoms with Gasteiger partial charge < -0.3 is 29.6 Å². The number of allylic oxidation sites excluding steroid dienone is 2. The molecular formula is C29H27N5O5. The summed E-state index contributed by atoms with van der Waals surface area (Å²) in [5, 5.41) is 30.8. The molecule has 1 aliphatic heterocycles. The van der Waals surface area contributed by atoms with E-state index in [-0.39, 0.29) is 42.5 Å². The number of nitrogens with two attached hydrogens (primary N) is 1. The molecule has 0 radical (unpaired) electrons. The summed E-state index contributed by atoms with van der Waals surface area (Å²) in [6.07, 6.45) is 1.16. The predicted molar refractivity (Wildman–Crippen MR) is 139 cm³/mol. The van der Waals surface area contributed by atoms with Crippen LogP contribution in [0.15, 0.2) is 65.4 Å². The molecule has 0 spiro atoms. The van der Waals surface area contributed by atoms with E-state index in [0.29, 0.717) is 16.9 Å². The third-order valence-corrected chi connectivity index (χ3v) is 7.20. The van der Waals surface area contributed by atoms with E-state index in [1.165, 1.54) is 26.2 Å². The molecule has 2 aliphatic rings. The van der Waals surface area contributed by atoms with Crippen molar-refractivity contribution in [3.05, 3.63) is 76.5 Å². The fourth-order valence-electron chi connectivity index (χ4n) is 5.35. The number of amides is 1. The molecule has 198 valence electrons. The minimum Gasteiger partial charge on any atom is -0.493 e. The van der Waals surface area contributed by atoms with E-state index in [1.54, 1.807) is 18.2 Å². The van der Waals surface area contributed by atoms with Crippen LogP contribution in [0.4, 0.5) is 4.79 Å². The molecule has 10 nitrogen and oxygen atoms in total. The highest BCUT2D eigenvalue weighted by atomic mass is 16.6. The molecule has 0 aromatic heterocycles. The van der Waals surface area contributed by atoms with Crippen LogP contribution in [0.3, 0.4) is 0 Å². The monoisotopic (exact) mass is 525 g/mol. The highest BCUT2D eigenvalue weighted by molar-refractivity contribution is 5.70. The van der Waals surface area contributed by atoms with Crippen LogP contribution in [0, 0.1) is 45.3 Å².